The number of carbonyl (C=O) groups is 2. The van der Waals surface area contributed by atoms with Crippen LogP contribution in [0.4, 0.5) is 0 Å². The number of hydrogen-bond acceptors (Lipinski definition) is 3. The normalized spacial score (nSPS) is 17.0. The molecule has 0 saturated carbocycles. The molecule has 1 fully saturated rings. The van der Waals surface area contributed by atoms with Crippen LogP contribution in [-0.4, -0.2) is 41.0 Å². The molecule has 1 heterocycles. The van der Waals surface area contributed by atoms with Crippen LogP contribution in [0, 0.1) is 0 Å². The minimum absolute atomic E-state index is 0.0141. The Bertz CT molecular complexity index is 589. The Morgan fingerprint density at radius 1 is 1.30 bits per heavy atom. The molecule has 0 aliphatic carbocycles. The summed E-state index contributed by atoms with van der Waals surface area (Å²) in [7, 11) is 0. The van der Waals surface area contributed by atoms with Gasteiger partial charge in [-0.1, -0.05) is 17.7 Å². The SMILES string of the molecule is CC(C)=CC(=O)NCc1ccc(C(=O)N2CCC[C@@H]2CO)cc1. The number of nitrogens with zero attached hydrogens (tertiary/aromatic N) is 1. The Labute approximate surface area is 137 Å². The number of allylic oxidation sites excluding steroid dienone is 1. The summed E-state index contributed by atoms with van der Waals surface area (Å²) < 4.78 is 0. The van der Waals surface area contributed by atoms with E-state index in [0.29, 0.717) is 18.7 Å². The van der Waals surface area contributed by atoms with E-state index >= 15 is 0 Å². The van der Waals surface area contributed by atoms with Gasteiger partial charge in [-0.25, -0.2) is 0 Å². The van der Waals surface area contributed by atoms with E-state index in [2.05, 4.69) is 5.32 Å². The van der Waals surface area contributed by atoms with Crippen molar-refractivity contribution in [3.05, 3.63) is 47.0 Å². The van der Waals surface area contributed by atoms with Crippen molar-refractivity contribution in [3.8, 4) is 0 Å². The summed E-state index contributed by atoms with van der Waals surface area (Å²) in [5, 5.41) is 12.1. The summed E-state index contributed by atoms with van der Waals surface area (Å²) in [6.45, 7) is 4.89. The quantitative estimate of drug-likeness (QED) is 0.815. The van der Waals surface area contributed by atoms with Gasteiger partial charge >= 0.3 is 0 Å². The van der Waals surface area contributed by atoms with Gasteiger partial charge in [0.15, 0.2) is 0 Å². The molecule has 5 heteroatoms. The third-order valence-electron chi connectivity index (χ3n) is 3.94. The zero-order valence-electron chi connectivity index (χ0n) is 13.7. The van der Waals surface area contributed by atoms with Gasteiger partial charge in [0, 0.05) is 24.7 Å². The van der Waals surface area contributed by atoms with Crippen molar-refractivity contribution >= 4 is 11.8 Å². The monoisotopic (exact) mass is 316 g/mol. The maximum absolute atomic E-state index is 12.5. The Morgan fingerprint density at radius 2 is 2.00 bits per heavy atom. The lowest BCUT2D eigenvalue weighted by molar-refractivity contribution is -0.116. The predicted octanol–water partition coefficient (Wildman–Crippen LogP) is 1.87. The van der Waals surface area contributed by atoms with Gasteiger partial charge < -0.3 is 15.3 Å². The summed E-state index contributed by atoms with van der Waals surface area (Å²) >= 11 is 0. The van der Waals surface area contributed by atoms with Gasteiger partial charge in [0.1, 0.15) is 0 Å². The molecule has 1 aliphatic heterocycles. The highest BCUT2D eigenvalue weighted by Crippen LogP contribution is 2.20. The third-order valence-corrected chi connectivity index (χ3v) is 3.94. The number of nitrogens with one attached hydrogen (secondary N) is 1. The largest absolute Gasteiger partial charge is 0.394 e. The van der Waals surface area contributed by atoms with Crippen LogP contribution in [0.1, 0.15) is 42.6 Å². The average molecular weight is 316 g/mol. The minimum Gasteiger partial charge on any atom is -0.394 e. The zero-order valence-corrected chi connectivity index (χ0v) is 13.7. The molecule has 0 bridgehead atoms. The fraction of sp³-hybridized carbons (Fsp3) is 0.444. The number of hydrogen-bond donors (Lipinski definition) is 2. The highest BCUT2D eigenvalue weighted by molar-refractivity contribution is 5.94. The van der Waals surface area contributed by atoms with E-state index in [-0.39, 0.29) is 24.5 Å². The second-order valence-corrected chi connectivity index (χ2v) is 6.11. The van der Waals surface area contributed by atoms with Gasteiger partial charge in [0.2, 0.25) is 5.91 Å². The molecule has 1 atom stereocenters. The van der Waals surface area contributed by atoms with Crippen molar-refractivity contribution in [2.75, 3.05) is 13.2 Å². The first kappa shape index (κ1) is 17.2. The molecule has 0 radical (unpaired) electrons. The fourth-order valence-electron chi connectivity index (χ4n) is 2.73. The van der Waals surface area contributed by atoms with Crippen molar-refractivity contribution in [2.24, 2.45) is 0 Å². The standard InChI is InChI=1S/C18H24N2O3/c1-13(2)10-17(22)19-11-14-5-7-15(8-6-14)18(23)20-9-3-4-16(20)12-21/h5-8,10,16,21H,3-4,9,11-12H2,1-2H3,(H,19,22)/t16-/m1/s1. The summed E-state index contributed by atoms with van der Waals surface area (Å²) in [6.07, 6.45) is 3.35. The smallest absolute Gasteiger partial charge is 0.254 e. The van der Waals surface area contributed by atoms with Crippen molar-refractivity contribution in [3.63, 3.8) is 0 Å². The second-order valence-electron chi connectivity index (χ2n) is 6.11. The van der Waals surface area contributed by atoms with Gasteiger partial charge in [0.25, 0.3) is 5.91 Å². The maximum Gasteiger partial charge on any atom is 0.254 e. The lowest BCUT2D eigenvalue weighted by Crippen LogP contribution is -2.37. The van der Waals surface area contributed by atoms with Gasteiger partial charge in [-0.2, -0.15) is 0 Å². The van der Waals surface area contributed by atoms with E-state index in [4.69, 9.17) is 0 Å². The van der Waals surface area contributed by atoms with Crippen LogP contribution in [0.5, 0.6) is 0 Å². The second kappa shape index (κ2) is 7.92. The first-order chi connectivity index (χ1) is 11.0. The molecule has 5 nitrogen and oxygen atoms in total. The number of amides is 2. The van der Waals surface area contributed by atoms with Crippen molar-refractivity contribution in [1.29, 1.82) is 0 Å². The first-order valence-electron chi connectivity index (χ1n) is 7.94. The molecule has 23 heavy (non-hydrogen) atoms. The molecule has 1 aliphatic rings. The van der Waals surface area contributed by atoms with E-state index in [1.807, 2.05) is 26.0 Å². The lowest BCUT2D eigenvalue weighted by atomic mass is 10.1. The Morgan fingerprint density at radius 3 is 2.61 bits per heavy atom. The molecule has 0 spiro atoms. The van der Waals surface area contributed by atoms with Crippen LogP contribution in [0.2, 0.25) is 0 Å². The van der Waals surface area contributed by atoms with Crippen molar-refractivity contribution in [1.82, 2.24) is 10.2 Å². The molecule has 2 N–H and O–H groups in total. The molecule has 124 valence electrons. The number of likely N-dealkylation sites (tertiary alicyclic amines) is 1. The highest BCUT2D eigenvalue weighted by atomic mass is 16.3. The molecule has 1 saturated heterocycles. The molecular weight excluding hydrogens is 292 g/mol. The molecule has 2 amide bonds. The fourth-order valence-corrected chi connectivity index (χ4v) is 2.73. The van der Waals surface area contributed by atoms with Crippen LogP contribution in [0.3, 0.4) is 0 Å². The van der Waals surface area contributed by atoms with Gasteiger partial charge in [-0.05, 0) is 44.4 Å². The summed E-state index contributed by atoms with van der Waals surface area (Å²) in [6, 6.07) is 7.18. The molecule has 2 rings (SSSR count). The van der Waals surface area contributed by atoms with Crippen LogP contribution in [-0.2, 0) is 11.3 Å². The highest BCUT2D eigenvalue weighted by Gasteiger charge is 2.28. The third kappa shape index (κ3) is 4.66. The molecule has 1 aromatic rings. The molecule has 1 aromatic carbocycles. The average Bonchev–Trinajstić information content (AvgIpc) is 3.00. The van der Waals surface area contributed by atoms with Crippen LogP contribution < -0.4 is 5.32 Å². The topological polar surface area (TPSA) is 69.6 Å². The number of aliphatic hydroxyl groups excluding tert-OH is 1. The minimum atomic E-state index is -0.118. The Kier molecular flexibility index (Phi) is 5.93. The first-order valence-corrected chi connectivity index (χ1v) is 7.94. The zero-order chi connectivity index (χ0) is 16.8. The molecule has 0 unspecified atom stereocenters. The predicted molar refractivity (Wildman–Crippen MR) is 88.9 cm³/mol. The Hall–Kier alpha value is -2.14. The molecule has 0 aromatic heterocycles. The number of carbonyl (C=O) groups excluding carboxylic acids is 2. The van der Waals surface area contributed by atoms with E-state index in [1.54, 1.807) is 23.1 Å². The van der Waals surface area contributed by atoms with E-state index in [0.717, 1.165) is 24.0 Å². The van der Waals surface area contributed by atoms with Gasteiger partial charge in [-0.3, -0.25) is 9.59 Å². The van der Waals surface area contributed by atoms with Gasteiger partial charge in [-0.15, -0.1) is 0 Å². The van der Waals surface area contributed by atoms with Crippen molar-refractivity contribution in [2.45, 2.75) is 39.3 Å². The summed E-state index contributed by atoms with van der Waals surface area (Å²) in [4.78, 5) is 25.8. The van der Waals surface area contributed by atoms with E-state index in [1.165, 1.54) is 0 Å². The van der Waals surface area contributed by atoms with E-state index < -0.39 is 0 Å². The maximum atomic E-state index is 12.5. The van der Waals surface area contributed by atoms with Crippen LogP contribution >= 0.6 is 0 Å². The van der Waals surface area contributed by atoms with Crippen LogP contribution in [0.15, 0.2) is 35.9 Å². The summed E-state index contributed by atoms with van der Waals surface area (Å²) in [5.41, 5.74) is 2.51. The number of rotatable bonds is 5. The Balaban J connectivity index is 1.95. The van der Waals surface area contributed by atoms with Gasteiger partial charge in [0.05, 0.1) is 12.6 Å². The van der Waals surface area contributed by atoms with Crippen LogP contribution in [0.25, 0.3) is 0 Å². The summed E-state index contributed by atoms with van der Waals surface area (Å²) in [5.74, 6) is -0.158. The number of benzene rings is 1. The van der Waals surface area contributed by atoms with E-state index in [9.17, 15) is 14.7 Å². The van der Waals surface area contributed by atoms with Crippen molar-refractivity contribution < 1.29 is 14.7 Å². The lowest BCUT2D eigenvalue weighted by Gasteiger charge is -2.23. The molecular formula is C18H24N2O3. The number of aliphatic hydroxyl groups is 1.